The van der Waals surface area contributed by atoms with Crippen LogP contribution in [0.2, 0.25) is 0 Å². The van der Waals surface area contributed by atoms with Crippen LogP contribution in [-0.4, -0.2) is 38.8 Å². The number of nitrogens with two attached hydrogens (primary N) is 1. The van der Waals surface area contributed by atoms with Crippen LogP contribution in [0.25, 0.3) is 0 Å². The zero-order valence-corrected chi connectivity index (χ0v) is 4.76. The van der Waals surface area contributed by atoms with Gasteiger partial charge >= 0.3 is 12.1 Å². The molecule has 0 aromatic carbocycles. The Hall–Kier alpha value is -0.890. The number of ether oxygens (including phenoxy) is 1. The monoisotopic (exact) mass is 153 g/mol. The first-order valence-corrected chi connectivity index (χ1v) is 2.15. The molecule has 1 amide bonds. The lowest BCUT2D eigenvalue weighted by atomic mass is 10.5. The molecule has 7 heteroatoms. The minimum absolute atomic E-state index is 1.53. The maximum Gasteiger partial charge on any atom is 0.408 e. The van der Waals surface area contributed by atoms with E-state index < -0.39 is 18.4 Å². The molecule has 0 heterocycles. The van der Waals surface area contributed by atoms with Gasteiger partial charge in [-0.3, -0.25) is 0 Å². The fourth-order valence-electron chi connectivity index (χ4n) is 0.201. The van der Waals surface area contributed by atoms with E-state index in [-0.39, 0.29) is 0 Å². The molecule has 0 rings (SSSR count). The van der Waals surface area contributed by atoms with Crippen molar-refractivity contribution < 1.29 is 30.0 Å². The lowest BCUT2D eigenvalue weighted by molar-refractivity contribution is -0.391. The van der Waals surface area contributed by atoms with Gasteiger partial charge in [0, 0.05) is 0 Å². The number of amides is 1. The lowest BCUT2D eigenvalue weighted by Gasteiger charge is -2.20. The highest BCUT2D eigenvalue weighted by molar-refractivity contribution is 5.64. The predicted octanol–water partition coefficient (Wildman–Crippen LogP) is -2.97. The molecular weight excluding hydrogens is 146 g/mol. The van der Waals surface area contributed by atoms with E-state index in [1.54, 1.807) is 0 Å². The second-order valence-electron chi connectivity index (χ2n) is 1.45. The molecule has 0 bridgehead atoms. The van der Waals surface area contributed by atoms with E-state index in [0.717, 1.165) is 0 Å². The zero-order chi connectivity index (χ0) is 8.36. The summed E-state index contributed by atoms with van der Waals surface area (Å²) in [5.41, 5.74) is 4.31. The Morgan fingerprint density at radius 1 is 1.50 bits per heavy atom. The summed E-state index contributed by atoms with van der Waals surface area (Å²) in [7, 11) is 0. The quantitative estimate of drug-likeness (QED) is 0.269. The fourth-order valence-corrected chi connectivity index (χ4v) is 0.201. The van der Waals surface area contributed by atoms with E-state index >= 15 is 0 Å². The molecule has 0 fully saturated rings. The highest BCUT2D eigenvalue weighted by atomic mass is 16.8. The van der Waals surface area contributed by atoms with Gasteiger partial charge in [-0.2, -0.15) is 0 Å². The van der Waals surface area contributed by atoms with Crippen LogP contribution in [0.1, 0.15) is 0 Å². The van der Waals surface area contributed by atoms with Crippen LogP contribution >= 0.6 is 0 Å². The van der Waals surface area contributed by atoms with Gasteiger partial charge in [0.05, 0.1) is 0 Å². The van der Waals surface area contributed by atoms with Crippen LogP contribution in [0.4, 0.5) is 4.79 Å². The van der Waals surface area contributed by atoms with E-state index in [9.17, 15) is 4.79 Å². The average Bonchev–Trinajstić information content (AvgIpc) is 1.60. The van der Waals surface area contributed by atoms with Crippen molar-refractivity contribution in [3.8, 4) is 0 Å². The van der Waals surface area contributed by atoms with Crippen molar-refractivity contribution in [1.82, 2.24) is 0 Å². The van der Waals surface area contributed by atoms with Gasteiger partial charge in [0.2, 0.25) is 6.29 Å². The Morgan fingerprint density at radius 2 is 1.90 bits per heavy atom. The van der Waals surface area contributed by atoms with E-state index in [1.807, 2.05) is 0 Å². The van der Waals surface area contributed by atoms with Crippen LogP contribution in [0.5, 0.6) is 0 Å². The van der Waals surface area contributed by atoms with Crippen molar-refractivity contribution in [2.24, 2.45) is 5.73 Å². The van der Waals surface area contributed by atoms with Crippen LogP contribution in [0.15, 0.2) is 0 Å². The number of hydrogen-bond acceptors (Lipinski definition) is 6. The maximum atomic E-state index is 9.78. The topological polar surface area (TPSA) is 133 Å². The first-order valence-electron chi connectivity index (χ1n) is 2.15. The van der Waals surface area contributed by atoms with Crippen molar-refractivity contribution >= 4 is 6.09 Å². The van der Waals surface area contributed by atoms with Gasteiger partial charge < -0.3 is 30.9 Å². The zero-order valence-electron chi connectivity index (χ0n) is 4.76. The Labute approximate surface area is 55.3 Å². The minimum Gasteiger partial charge on any atom is -0.387 e. The molecule has 0 spiro atoms. The number of carbonyl (C=O) groups is 1. The third-order valence-electron chi connectivity index (χ3n) is 0.587. The Morgan fingerprint density at radius 3 is 2.00 bits per heavy atom. The van der Waals surface area contributed by atoms with E-state index in [4.69, 9.17) is 20.4 Å². The standard InChI is InChI=1S/C3H7NO6/c4-2(7)10-3(8,9)1(5)6/h1,5-6,8-9H,(H2,4,7). The van der Waals surface area contributed by atoms with Crippen LogP contribution in [0, 0.1) is 0 Å². The molecule has 10 heavy (non-hydrogen) atoms. The average molecular weight is 153 g/mol. The summed E-state index contributed by atoms with van der Waals surface area (Å²) < 4.78 is 3.45. The largest absolute Gasteiger partial charge is 0.408 e. The molecule has 0 saturated carbocycles. The molecule has 0 aliphatic carbocycles. The maximum absolute atomic E-state index is 9.78. The number of hydrogen-bond donors (Lipinski definition) is 5. The molecule has 0 aromatic heterocycles. The summed E-state index contributed by atoms with van der Waals surface area (Å²) in [6.07, 6.45) is -4.14. The third kappa shape index (κ3) is 2.60. The number of primary amides is 1. The van der Waals surface area contributed by atoms with Gasteiger partial charge in [-0.25, -0.2) is 4.79 Å². The summed E-state index contributed by atoms with van der Waals surface area (Å²) >= 11 is 0. The van der Waals surface area contributed by atoms with Gasteiger partial charge in [-0.15, -0.1) is 0 Å². The highest BCUT2D eigenvalue weighted by Crippen LogP contribution is 2.04. The Balaban J connectivity index is 3.99. The molecule has 60 valence electrons. The van der Waals surface area contributed by atoms with Crippen LogP contribution in [-0.2, 0) is 4.74 Å². The van der Waals surface area contributed by atoms with Crippen LogP contribution in [0.3, 0.4) is 0 Å². The van der Waals surface area contributed by atoms with Crippen molar-refractivity contribution in [1.29, 1.82) is 0 Å². The summed E-state index contributed by atoms with van der Waals surface area (Å²) in [4.78, 5) is 9.78. The normalized spacial score (nSPS) is 11.7. The Kier molecular flexibility index (Phi) is 2.55. The van der Waals surface area contributed by atoms with E-state index in [0.29, 0.717) is 0 Å². The van der Waals surface area contributed by atoms with Gasteiger partial charge in [0.25, 0.3) is 0 Å². The molecular formula is C3H7NO6. The smallest absolute Gasteiger partial charge is 0.387 e. The number of aliphatic hydroxyl groups excluding tert-OH is 1. The second-order valence-corrected chi connectivity index (χ2v) is 1.45. The number of carbonyl (C=O) groups excluding carboxylic acids is 1. The van der Waals surface area contributed by atoms with Gasteiger partial charge in [-0.1, -0.05) is 0 Å². The first-order chi connectivity index (χ1) is 4.36. The minimum atomic E-state index is -3.34. The van der Waals surface area contributed by atoms with Crippen LogP contribution < -0.4 is 5.73 Å². The van der Waals surface area contributed by atoms with Crippen molar-refractivity contribution in [2.75, 3.05) is 0 Å². The predicted molar refractivity (Wildman–Crippen MR) is 26.1 cm³/mol. The SMILES string of the molecule is NC(=O)OC(O)(O)C(O)O. The van der Waals surface area contributed by atoms with Gasteiger partial charge in [0.1, 0.15) is 0 Å². The molecule has 6 N–H and O–H groups in total. The second kappa shape index (κ2) is 2.80. The fraction of sp³-hybridized carbons (Fsp3) is 0.667. The lowest BCUT2D eigenvalue weighted by Crippen LogP contribution is -2.47. The molecule has 0 unspecified atom stereocenters. The van der Waals surface area contributed by atoms with Crippen molar-refractivity contribution in [3.63, 3.8) is 0 Å². The van der Waals surface area contributed by atoms with E-state index in [2.05, 4.69) is 10.5 Å². The van der Waals surface area contributed by atoms with Gasteiger partial charge in [-0.05, 0) is 0 Å². The number of aliphatic hydroxyl groups is 4. The summed E-state index contributed by atoms with van der Waals surface area (Å²) in [6.45, 7) is 0. The van der Waals surface area contributed by atoms with Crippen molar-refractivity contribution in [2.45, 2.75) is 12.3 Å². The van der Waals surface area contributed by atoms with E-state index in [1.165, 1.54) is 0 Å². The Bertz CT molecular complexity index is 131. The first kappa shape index (κ1) is 9.11. The molecule has 7 nitrogen and oxygen atoms in total. The molecule has 0 aliphatic heterocycles. The molecule has 0 atom stereocenters. The summed E-state index contributed by atoms with van der Waals surface area (Å²) in [6, 6.07) is 0. The molecule has 0 saturated heterocycles. The summed E-state index contributed by atoms with van der Waals surface area (Å²) in [5, 5.41) is 32.7. The number of rotatable bonds is 2. The molecule has 0 aliphatic rings. The van der Waals surface area contributed by atoms with Crippen molar-refractivity contribution in [3.05, 3.63) is 0 Å². The van der Waals surface area contributed by atoms with Gasteiger partial charge in [0.15, 0.2) is 0 Å². The molecule has 0 radical (unpaired) electrons. The highest BCUT2D eigenvalue weighted by Gasteiger charge is 2.36. The summed E-state index contributed by atoms with van der Waals surface area (Å²) in [5.74, 6) is -3.34. The molecule has 0 aromatic rings. The third-order valence-corrected chi connectivity index (χ3v) is 0.587.